The van der Waals surface area contributed by atoms with Crippen LogP contribution in [0.2, 0.25) is 0 Å². The molecule has 2 atom stereocenters. The van der Waals surface area contributed by atoms with Gasteiger partial charge in [0.25, 0.3) is 0 Å². The van der Waals surface area contributed by atoms with Crippen molar-refractivity contribution in [3.63, 3.8) is 0 Å². The van der Waals surface area contributed by atoms with E-state index in [1.165, 1.54) is 4.90 Å². The Bertz CT molecular complexity index is 550. The predicted octanol–water partition coefficient (Wildman–Crippen LogP) is 2.25. The molecule has 1 aromatic rings. The van der Waals surface area contributed by atoms with Crippen molar-refractivity contribution >= 4 is 6.09 Å². The molecule has 0 bridgehead atoms. The van der Waals surface area contributed by atoms with Crippen molar-refractivity contribution in [1.29, 1.82) is 0 Å². The summed E-state index contributed by atoms with van der Waals surface area (Å²) in [5.41, 5.74) is 2.39. The van der Waals surface area contributed by atoms with Crippen molar-refractivity contribution in [2.75, 3.05) is 13.7 Å². The number of aliphatic hydroxyl groups excluding tert-OH is 2. The van der Waals surface area contributed by atoms with E-state index in [0.717, 1.165) is 16.7 Å². The van der Waals surface area contributed by atoms with Crippen molar-refractivity contribution in [2.24, 2.45) is 5.92 Å². The molecule has 2 rings (SSSR count). The summed E-state index contributed by atoms with van der Waals surface area (Å²) < 4.78 is 5.33. The van der Waals surface area contributed by atoms with Gasteiger partial charge in [-0.25, -0.2) is 4.79 Å². The average Bonchev–Trinajstić information content (AvgIpc) is 2.73. The van der Waals surface area contributed by atoms with Gasteiger partial charge in [-0.2, -0.15) is 0 Å². The van der Waals surface area contributed by atoms with Crippen LogP contribution in [0.1, 0.15) is 43.6 Å². The van der Waals surface area contributed by atoms with Gasteiger partial charge in [0.1, 0.15) is 5.60 Å². The average molecular weight is 307 g/mol. The summed E-state index contributed by atoms with van der Waals surface area (Å²) in [5.74, 6) is -0.131. The number of nitrogens with zero attached hydrogens (tertiary/aromatic N) is 1. The van der Waals surface area contributed by atoms with E-state index in [1.54, 1.807) is 7.05 Å². The Balaban J connectivity index is 2.05. The van der Waals surface area contributed by atoms with Crippen LogP contribution in [0.15, 0.2) is 18.2 Å². The number of amides is 1. The highest BCUT2D eigenvalue weighted by atomic mass is 16.6. The fourth-order valence-corrected chi connectivity index (χ4v) is 2.71. The highest BCUT2D eigenvalue weighted by molar-refractivity contribution is 5.67. The first-order chi connectivity index (χ1) is 10.2. The second-order valence-corrected chi connectivity index (χ2v) is 6.96. The van der Waals surface area contributed by atoms with Gasteiger partial charge in [-0.1, -0.05) is 18.2 Å². The summed E-state index contributed by atoms with van der Waals surface area (Å²) in [4.78, 5) is 13.5. The standard InChI is InChI=1S/C17H25NO4/c1-17(2,3)22-16(21)18(4)9-11-5-6-14-12(7-11)8-13(10-19)15(14)20/h5-7,13,15,19-20H,8-10H2,1-4H3/t13-,15+/m1/s1. The van der Waals surface area contributed by atoms with Crippen molar-refractivity contribution in [1.82, 2.24) is 4.90 Å². The van der Waals surface area contributed by atoms with Gasteiger partial charge in [-0.3, -0.25) is 0 Å². The van der Waals surface area contributed by atoms with Gasteiger partial charge in [0.15, 0.2) is 0 Å². The molecule has 1 aliphatic carbocycles. The molecule has 1 aliphatic rings. The summed E-state index contributed by atoms with van der Waals surface area (Å²) in [6.45, 7) is 5.94. The zero-order valence-corrected chi connectivity index (χ0v) is 13.7. The van der Waals surface area contributed by atoms with E-state index in [4.69, 9.17) is 4.74 Å². The zero-order chi connectivity index (χ0) is 16.5. The van der Waals surface area contributed by atoms with Crippen LogP contribution in [-0.2, 0) is 17.7 Å². The molecule has 0 spiro atoms. The Labute approximate surface area is 131 Å². The lowest BCUT2D eigenvalue weighted by atomic mass is 10.0. The molecule has 0 aromatic heterocycles. The largest absolute Gasteiger partial charge is 0.444 e. The first-order valence-electron chi connectivity index (χ1n) is 7.56. The van der Waals surface area contributed by atoms with Gasteiger partial charge in [0.05, 0.1) is 6.10 Å². The molecule has 122 valence electrons. The Morgan fingerprint density at radius 3 is 2.68 bits per heavy atom. The van der Waals surface area contributed by atoms with Crippen molar-refractivity contribution < 1.29 is 19.7 Å². The Morgan fingerprint density at radius 1 is 1.41 bits per heavy atom. The monoisotopic (exact) mass is 307 g/mol. The lowest BCUT2D eigenvalue weighted by Gasteiger charge is -2.24. The number of rotatable bonds is 3. The first kappa shape index (κ1) is 16.8. The van der Waals surface area contributed by atoms with E-state index < -0.39 is 11.7 Å². The van der Waals surface area contributed by atoms with Crippen molar-refractivity contribution in [3.8, 4) is 0 Å². The van der Waals surface area contributed by atoms with Crippen molar-refractivity contribution in [3.05, 3.63) is 34.9 Å². The quantitative estimate of drug-likeness (QED) is 0.898. The highest BCUT2D eigenvalue weighted by Crippen LogP contribution is 2.36. The molecule has 5 heteroatoms. The van der Waals surface area contributed by atoms with Crippen LogP contribution in [0, 0.1) is 5.92 Å². The van der Waals surface area contributed by atoms with E-state index >= 15 is 0 Å². The molecule has 0 fully saturated rings. The van der Waals surface area contributed by atoms with Gasteiger partial charge in [0.2, 0.25) is 0 Å². The molecule has 2 N–H and O–H groups in total. The third-order valence-corrected chi connectivity index (χ3v) is 3.81. The maximum Gasteiger partial charge on any atom is 0.410 e. The minimum absolute atomic E-state index is 0.0248. The Morgan fingerprint density at radius 2 is 2.09 bits per heavy atom. The topological polar surface area (TPSA) is 70.0 Å². The van der Waals surface area contributed by atoms with Crippen LogP contribution in [0.4, 0.5) is 4.79 Å². The van der Waals surface area contributed by atoms with Crippen LogP contribution >= 0.6 is 0 Å². The van der Waals surface area contributed by atoms with Crippen LogP contribution in [0.5, 0.6) is 0 Å². The maximum absolute atomic E-state index is 12.0. The summed E-state index contributed by atoms with van der Waals surface area (Å²) in [5, 5.41) is 19.4. The van der Waals surface area contributed by atoms with E-state index in [-0.39, 0.29) is 18.6 Å². The van der Waals surface area contributed by atoms with Crippen molar-refractivity contribution in [2.45, 2.75) is 45.4 Å². The molecule has 0 saturated carbocycles. The molecular weight excluding hydrogens is 282 g/mol. The number of fused-ring (bicyclic) bond motifs is 1. The second-order valence-electron chi connectivity index (χ2n) is 6.96. The predicted molar refractivity (Wildman–Crippen MR) is 83.4 cm³/mol. The molecular formula is C17H25NO4. The van der Waals surface area contributed by atoms with Crippen LogP contribution in [0.25, 0.3) is 0 Å². The third kappa shape index (κ3) is 3.78. The number of carbonyl (C=O) groups excluding carboxylic acids is 1. The lowest BCUT2D eigenvalue weighted by molar-refractivity contribution is 0.0285. The molecule has 0 aliphatic heterocycles. The number of carbonyl (C=O) groups is 1. The Hall–Kier alpha value is -1.59. The van der Waals surface area contributed by atoms with Gasteiger partial charge < -0.3 is 19.8 Å². The first-order valence-corrected chi connectivity index (χ1v) is 7.56. The van der Waals surface area contributed by atoms with Gasteiger partial charge in [-0.05, 0) is 43.9 Å². The molecule has 22 heavy (non-hydrogen) atoms. The van der Waals surface area contributed by atoms with Crippen LogP contribution < -0.4 is 0 Å². The Kier molecular flexibility index (Phi) is 4.78. The number of ether oxygens (including phenoxy) is 1. The maximum atomic E-state index is 12.0. The minimum atomic E-state index is -0.599. The fraction of sp³-hybridized carbons (Fsp3) is 0.588. The number of hydrogen-bond acceptors (Lipinski definition) is 4. The van der Waals surface area contributed by atoms with Gasteiger partial charge in [0, 0.05) is 26.1 Å². The summed E-state index contributed by atoms with van der Waals surface area (Å²) in [6, 6.07) is 5.78. The zero-order valence-electron chi connectivity index (χ0n) is 13.7. The molecule has 5 nitrogen and oxygen atoms in total. The lowest BCUT2D eigenvalue weighted by Crippen LogP contribution is -2.33. The normalized spacial score (nSPS) is 20.6. The van der Waals surface area contributed by atoms with E-state index in [1.807, 2.05) is 39.0 Å². The van der Waals surface area contributed by atoms with E-state index in [9.17, 15) is 15.0 Å². The van der Waals surface area contributed by atoms with Crippen LogP contribution in [-0.4, -0.2) is 40.5 Å². The SMILES string of the molecule is CN(Cc1ccc2c(c1)C[C@H](CO)[C@@H]2O)C(=O)OC(C)(C)C. The molecule has 0 unspecified atom stereocenters. The number of aliphatic hydroxyl groups is 2. The second kappa shape index (κ2) is 6.26. The van der Waals surface area contributed by atoms with E-state index in [0.29, 0.717) is 13.0 Å². The van der Waals surface area contributed by atoms with Gasteiger partial charge >= 0.3 is 6.09 Å². The molecule has 1 aromatic carbocycles. The summed E-state index contributed by atoms with van der Waals surface area (Å²) >= 11 is 0. The van der Waals surface area contributed by atoms with Gasteiger partial charge in [-0.15, -0.1) is 0 Å². The van der Waals surface area contributed by atoms with Crippen LogP contribution in [0.3, 0.4) is 0 Å². The number of hydrogen-bond donors (Lipinski definition) is 2. The summed E-state index contributed by atoms with van der Waals surface area (Å²) in [7, 11) is 1.70. The molecule has 0 saturated heterocycles. The highest BCUT2D eigenvalue weighted by Gasteiger charge is 2.30. The van der Waals surface area contributed by atoms with E-state index in [2.05, 4.69) is 0 Å². The molecule has 1 amide bonds. The number of benzene rings is 1. The molecule has 0 heterocycles. The summed E-state index contributed by atoms with van der Waals surface area (Å²) in [6.07, 6.45) is -0.296. The smallest absolute Gasteiger partial charge is 0.410 e. The minimum Gasteiger partial charge on any atom is -0.444 e. The third-order valence-electron chi connectivity index (χ3n) is 3.81. The molecule has 0 radical (unpaired) electrons. The fourth-order valence-electron chi connectivity index (χ4n) is 2.71.